The van der Waals surface area contributed by atoms with Crippen LogP contribution >= 0.6 is 22.9 Å². The number of aromatic nitrogens is 3. The first-order chi connectivity index (χ1) is 15.2. The van der Waals surface area contributed by atoms with E-state index >= 15 is 0 Å². The van der Waals surface area contributed by atoms with Gasteiger partial charge in [-0.3, -0.25) is 0 Å². The Bertz CT molecular complexity index is 1040. The molecule has 1 aliphatic heterocycles. The Morgan fingerprint density at radius 1 is 1.06 bits per heavy atom. The lowest BCUT2D eigenvalue weighted by atomic mass is 10.1. The van der Waals surface area contributed by atoms with Gasteiger partial charge in [0.25, 0.3) is 0 Å². The molecule has 8 heteroatoms. The SMILES string of the molecule is CN1CCN(c2nc(-c3cccc(Cl)c3)c(-c3ccnc(NC4CCCC4)n3)s2)CC1. The second-order valence-electron chi connectivity index (χ2n) is 8.37. The number of nitrogens with one attached hydrogen (secondary N) is 1. The zero-order valence-corrected chi connectivity index (χ0v) is 19.3. The Balaban J connectivity index is 1.52. The van der Waals surface area contributed by atoms with E-state index < -0.39 is 0 Å². The number of nitrogens with zero attached hydrogens (tertiary/aromatic N) is 5. The lowest BCUT2D eigenvalue weighted by Crippen LogP contribution is -2.44. The van der Waals surface area contributed by atoms with Gasteiger partial charge in [0.1, 0.15) is 0 Å². The summed E-state index contributed by atoms with van der Waals surface area (Å²) in [7, 11) is 2.17. The number of piperazine rings is 1. The zero-order chi connectivity index (χ0) is 21.2. The molecule has 2 fully saturated rings. The monoisotopic (exact) mass is 454 g/mol. The molecule has 0 bridgehead atoms. The average molecular weight is 455 g/mol. The molecule has 1 N–H and O–H groups in total. The van der Waals surface area contributed by atoms with E-state index in [-0.39, 0.29) is 0 Å². The Kier molecular flexibility index (Phi) is 6.07. The second-order valence-corrected chi connectivity index (χ2v) is 9.78. The minimum atomic E-state index is 0.477. The van der Waals surface area contributed by atoms with Crippen LogP contribution in [0.5, 0.6) is 0 Å². The van der Waals surface area contributed by atoms with Gasteiger partial charge in [-0.1, -0.05) is 47.9 Å². The fraction of sp³-hybridized carbons (Fsp3) is 0.435. The molecule has 2 aromatic heterocycles. The van der Waals surface area contributed by atoms with E-state index in [2.05, 4.69) is 33.2 Å². The van der Waals surface area contributed by atoms with E-state index in [1.165, 1.54) is 25.7 Å². The smallest absolute Gasteiger partial charge is 0.223 e. The van der Waals surface area contributed by atoms with Crippen LogP contribution in [0.15, 0.2) is 36.5 Å². The van der Waals surface area contributed by atoms with Crippen LogP contribution in [-0.4, -0.2) is 59.1 Å². The topological polar surface area (TPSA) is 57.2 Å². The van der Waals surface area contributed by atoms with Crippen molar-refractivity contribution >= 4 is 34.0 Å². The van der Waals surface area contributed by atoms with Gasteiger partial charge in [-0.05, 0) is 38.1 Å². The maximum absolute atomic E-state index is 6.31. The van der Waals surface area contributed by atoms with Gasteiger partial charge in [0, 0.05) is 49.0 Å². The first-order valence-corrected chi connectivity index (χ1v) is 12.2. The number of benzene rings is 1. The largest absolute Gasteiger partial charge is 0.351 e. The van der Waals surface area contributed by atoms with Crippen LogP contribution in [0.4, 0.5) is 11.1 Å². The molecule has 1 aliphatic carbocycles. The highest BCUT2D eigenvalue weighted by Gasteiger charge is 2.23. The Morgan fingerprint density at radius 2 is 1.87 bits per heavy atom. The third-order valence-corrected chi connectivity index (χ3v) is 7.44. The Morgan fingerprint density at radius 3 is 2.65 bits per heavy atom. The number of rotatable bonds is 5. The van der Waals surface area contributed by atoms with Gasteiger partial charge in [0.15, 0.2) is 5.13 Å². The summed E-state index contributed by atoms with van der Waals surface area (Å²) in [6, 6.07) is 10.4. The van der Waals surface area contributed by atoms with Gasteiger partial charge >= 0.3 is 0 Å². The van der Waals surface area contributed by atoms with E-state index in [1.807, 2.05) is 30.5 Å². The van der Waals surface area contributed by atoms with E-state index in [0.29, 0.717) is 17.0 Å². The molecule has 5 rings (SSSR count). The van der Waals surface area contributed by atoms with E-state index in [0.717, 1.165) is 53.1 Å². The molecule has 0 radical (unpaired) electrons. The number of hydrogen-bond donors (Lipinski definition) is 1. The summed E-state index contributed by atoms with van der Waals surface area (Å²) in [5.41, 5.74) is 2.86. The molecular formula is C23H27ClN6S. The highest BCUT2D eigenvalue weighted by Crippen LogP contribution is 2.40. The summed E-state index contributed by atoms with van der Waals surface area (Å²) in [5, 5.41) is 5.27. The lowest BCUT2D eigenvalue weighted by molar-refractivity contribution is 0.313. The molecule has 0 unspecified atom stereocenters. The molecule has 31 heavy (non-hydrogen) atoms. The van der Waals surface area contributed by atoms with Crippen LogP contribution in [-0.2, 0) is 0 Å². The zero-order valence-electron chi connectivity index (χ0n) is 17.7. The molecule has 0 amide bonds. The van der Waals surface area contributed by atoms with Gasteiger partial charge in [0.05, 0.1) is 16.3 Å². The van der Waals surface area contributed by atoms with Crippen molar-refractivity contribution in [3.8, 4) is 21.8 Å². The molecule has 1 aromatic carbocycles. The molecule has 6 nitrogen and oxygen atoms in total. The predicted octanol–water partition coefficient (Wildman–Crippen LogP) is 5.03. The Labute approximate surface area is 192 Å². The first kappa shape index (κ1) is 20.7. The van der Waals surface area contributed by atoms with E-state index in [4.69, 9.17) is 21.6 Å². The minimum absolute atomic E-state index is 0.477. The maximum atomic E-state index is 6.31. The highest BCUT2D eigenvalue weighted by molar-refractivity contribution is 7.19. The van der Waals surface area contributed by atoms with Gasteiger partial charge in [-0.25, -0.2) is 15.0 Å². The van der Waals surface area contributed by atoms with Crippen LogP contribution in [0.2, 0.25) is 5.02 Å². The van der Waals surface area contributed by atoms with Crippen molar-refractivity contribution in [3.05, 3.63) is 41.6 Å². The average Bonchev–Trinajstić information content (AvgIpc) is 3.45. The fourth-order valence-electron chi connectivity index (χ4n) is 4.25. The van der Waals surface area contributed by atoms with Crippen molar-refractivity contribution in [3.63, 3.8) is 0 Å². The molecule has 3 heterocycles. The number of hydrogen-bond acceptors (Lipinski definition) is 7. The molecule has 1 saturated carbocycles. The predicted molar refractivity (Wildman–Crippen MR) is 129 cm³/mol. The van der Waals surface area contributed by atoms with E-state index in [1.54, 1.807) is 11.3 Å². The minimum Gasteiger partial charge on any atom is -0.351 e. The lowest BCUT2D eigenvalue weighted by Gasteiger charge is -2.32. The standard InChI is InChI=1S/C23H27ClN6S/c1-29-11-13-30(14-12-29)23-28-20(16-5-4-6-17(24)15-16)21(31-23)19-9-10-25-22(27-19)26-18-7-2-3-8-18/h4-6,9-10,15,18H,2-3,7-8,11-14H2,1H3,(H,25,26,27). The number of anilines is 2. The molecule has 1 saturated heterocycles. The summed E-state index contributed by atoms with van der Waals surface area (Å²) < 4.78 is 0. The van der Waals surface area contributed by atoms with Gasteiger partial charge < -0.3 is 15.1 Å². The van der Waals surface area contributed by atoms with Crippen LogP contribution < -0.4 is 10.2 Å². The number of likely N-dealkylation sites (N-methyl/N-ethyl adjacent to an activating group) is 1. The van der Waals surface area contributed by atoms with Crippen molar-refractivity contribution in [1.29, 1.82) is 0 Å². The van der Waals surface area contributed by atoms with Crippen LogP contribution in [0.1, 0.15) is 25.7 Å². The number of thiazole rings is 1. The molecule has 0 atom stereocenters. The highest BCUT2D eigenvalue weighted by atomic mass is 35.5. The van der Waals surface area contributed by atoms with Gasteiger partial charge in [-0.2, -0.15) is 0 Å². The van der Waals surface area contributed by atoms with Crippen molar-refractivity contribution in [2.24, 2.45) is 0 Å². The molecule has 3 aromatic rings. The summed E-state index contributed by atoms with van der Waals surface area (Å²) in [5.74, 6) is 0.705. The van der Waals surface area contributed by atoms with Crippen molar-refractivity contribution < 1.29 is 0 Å². The third-order valence-electron chi connectivity index (χ3n) is 6.06. The van der Waals surface area contributed by atoms with Gasteiger partial charge in [-0.15, -0.1) is 0 Å². The summed E-state index contributed by atoms with van der Waals surface area (Å²) in [6.45, 7) is 4.06. The second kappa shape index (κ2) is 9.10. The molecule has 2 aliphatic rings. The van der Waals surface area contributed by atoms with Crippen molar-refractivity contribution in [2.75, 3.05) is 43.4 Å². The van der Waals surface area contributed by atoms with E-state index in [9.17, 15) is 0 Å². The Hall–Kier alpha value is -2.22. The number of halogens is 1. The summed E-state index contributed by atoms with van der Waals surface area (Å²) in [6.07, 6.45) is 6.78. The normalized spacial score (nSPS) is 17.9. The maximum Gasteiger partial charge on any atom is 0.223 e. The van der Waals surface area contributed by atoms with Gasteiger partial charge in [0.2, 0.25) is 5.95 Å². The molecule has 0 spiro atoms. The van der Waals surface area contributed by atoms with Crippen LogP contribution in [0, 0.1) is 0 Å². The fourth-order valence-corrected chi connectivity index (χ4v) is 5.55. The summed E-state index contributed by atoms with van der Waals surface area (Å²) >= 11 is 8.02. The third kappa shape index (κ3) is 4.68. The van der Waals surface area contributed by atoms with Crippen LogP contribution in [0.3, 0.4) is 0 Å². The molecule has 162 valence electrons. The van der Waals surface area contributed by atoms with Crippen LogP contribution in [0.25, 0.3) is 21.8 Å². The van der Waals surface area contributed by atoms with Crippen molar-refractivity contribution in [2.45, 2.75) is 31.7 Å². The quantitative estimate of drug-likeness (QED) is 0.583. The summed E-state index contributed by atoms with van der Waals surface area (Å²) in [4.78, 5) is 20.2. The molecular weight excluding hydrogens is 428 g/mol. The first-order valence-electron chi connectivity index (χ1n) is 11.0. The van der Waals surface area contributed by atoms with Crippen molar-refractivity contribution in [1.82, 2.24) is 19.9 Å².